The van der Waals surface area contributed by atoms with Crippen molar-refractivity contribution in [3.8, 4) is 17.1 Å². The summed E-state index contributed by atoms with van der Waals surface area (Å²) >= 11 is 0. The third kappa shape index (κ3) is 7.05. The summed E-state index contributed by atoms with van der Waals surface area (Å²) in [5.74, 6) is -1.32. The van der Waals surface area contributed by atoms with Gasteiger partial charge in [-0.1, -0.05) is 36.4 Å². The van der Waals surface area contributed by atoms with Gasteiger partial charge in [0.05, 0.1) is 16.2 Å². The SMILES string of the molecule is Cc1cccc(C)c1-c1cc(OC(CN)c2ccc(S(C)(C)C)cc2)nc(NS(=O)(=O)c2cccc(C(=O)O)c2)n1. The number of hydrogen-bond donors (Lipinski definition) is 3. The van der Waals surface area contributed by atoms with Crippen LogP contribution >= 0.6 is 10.0 Å². The van der Waals surface area contributed by atoms with Crippen molar-refractivity contribution in [2.24, 2.45) is 5.73 Å². The quantitative estimate of drug-likeness (QED) is 0.222. The fraction of sp³-hybridized carbons (Fsp3) is 0.233. The van der Waals surface area contributed by atoms with E-state index in [-0.39, 0.29) is 28.8 Å². The van der Waals surface area contributed by atoms with Gasteiger partial charge < -0.3 is 15.6 Å². The Balaban J connectivity index is 1.76. The first-order valence-corrected chi connectivity index (χ1v) is 17.1. The third-order valence-corrected chi connectivity index (χ3v) is 9.51. The lowest BCUT2D eigenvalue weighted by Crippen LogP contribution is -2.20. The van der Waals surface area contributed by atoms with Crippen LogP contribution in [0.5, 0.6) is 5.88 Å². The minimum atomic E-state index is -4.23. The molecule has 0 aliphatic carbocycles. The van der Waals surface area contributed by atoms with Crippen molar-refractivity contribution in [2.45, 2.75) is 29.7 Å². The maximum Gasteiger partial charge on any atom is 0.335 e. The second kappa shape index (κ2) is 11.9. The number of carbonyl (C=O) groups is 1. The fourth-order valence-electron chi connectivity index (χ4n) is 4.34. The number of carboxylic acids is 1. The van der Waals surface area contributed by atoms with Crippen molar-refractivity contribution in [1.82, 2.24) is 9.97 Å². The van der Waals surface area contributed by atoms with Crippen LogP contribution in [0.1, 0.15) is 33.2 Å². The number of benzene rings is 3. The van der Waals surface area contributed by atoms with Crippen LogP contribution in [0.15, 0.2) is 82.6 Å². The molecule has 1 atom stereocenters. The molecule has 9 nitrogen and oxygen atoms in total. The van der Waals surface area contributed by atoms with E-state index in [1.54, 1.807) is 6.07 Å². The van der Waals surface area contributed by atoms with E-state index >= 15 is 0 Å². The Bertz CT molecular complexity index is 1660. The minimum Gasteiger partial charge on any atom is -0.478 e. The summed E-state index contributed by atoms with van der Waals surface area (Å²) in [6, 6.07) is 20.6. The Kier molecular flexibility index (Phi) is 8.71. The monoisotopic (exact) mass is 594 g/mol. The maximum atomic E-state index is 13.2. The van der Waals surface area contributed by atoms with Gasteiger partial charge in [-0.3, -0.25) is 0 Å². The lowest BCUT2D eigenvalue weighted by atomic mass is 10.00. The molecule has 0 spiro atoms. The molecule has 4 aromatic rings. The van der Waals surface area contributed by atoms with Crippen molar-refractivity contribution >= 4 is 32.0 Å². The Morgan fingerprint density at radius 3 is 2.15 bits per heavy atom. The second-order valence-electron chi connectivity index (χ2n) is 10.4. The maximum absolute atomic E-state index is 13.2. The van der Waals surface area contributed by atoms with E-state index in [1.807, 2.05) is 44.2 Å². The zero-order valence-corrected chi connectivity index (χ0v) is 25.2. The predicted molar refractivity (Wildman–Crippen MR) is 164 cm³/mol. The molecule has 216 valence electrons. The molecule has 0 fully saturated rings. The number of aryl methyl sites for hydroxylation is 2. The van der Waals surface area contributed by atoms with E-state index in [0.29, 0.717) is 5.69 Å². The van der Waals surface area contributed by atoms with Crippen molar-refractivity contribution in [1.29, 1.82) is 0 Å². The molecule has 0 saturated carbocycles. The second-order valence-corrected chi connectivity index (χ2v) is 16.2. The molecule has 0 aliphatic heterocycles. The first kappa shape index (κ1) is 30.0. The number of sulfonamides is 1. The highest BCUT2D eigenvalue weighted by Gasteiger charge is 2.22. The minimum absolute atomic E-state index is 0.135. The predicted octanol–water partition coefficient (Wildman–Crippen LogP) is 5.39. The molecule has 4 N–H and O–H groups in total. The number of anilines is 1. The van der Waals surface area contributed by atoms with Gasteiger partial charge in [0, 0.05) is 18.2 Å². The molecule has 0 aliphatic rings. The van der Waals surface area contributed by atoms with Crippen LogP contribution in [0.3, 0.4) is 0 Å². The number of ether oxygens (including phenoxy) is 1. The molecule has 3 aromatic carbocycles. The van der Waals surface area contributed by atoms with E-state index in [1.165, 1.54) is 23.1 Å². The van der Waals surface area contributed by atoms with Crippen LogP contribution in [0.4, 0.5) is 5.95 Å². The summed E-state index contributed by atoms with van der Waals surface area (Å²) in [5.41, 5.74) is 9.96. The van der Waals surface area contributed by atoms with Crippen LogP contribution in [0.25, 0.3) is 11.3 Å². The molecular weight excluding hydrogens is 560 g/mol. The van der Waals surface area contributed by atoms with E-state index in [2.05, 4.69) is 45.6 Å². The summed E-state index contributed by atoms with van der Waals surface area (Å²) in [6.45, 7) is 4.04. The largest absolute Gasteiger partial charge is 0.478 e. The number of nitrogens with two attached hydrogens (primary N) is 1. The molecule has 11 heteroatoms. The average Bonchev–Trinajstić information content (AvgIpc) is 2.91. The average molecular weight is 595 g/mol. The summed E-state index contributed by atoms with van der Waals surface area (Å²) in [5, 5.41) is 9.31. The number of carboxylic acid groups (broad SMARTS) is 1. The summed E-state index contributed by atoms with van der Waals surface area (Å²) < 4.78 is 35.1. The van der Waals surface area contributed by atoms with Crippen molar-refractivity contribution in [2.75, 3.05) is 30.0 Å². The molecule has 0 radical (unpaired) electrons. The number of nitrogens with zero attached hydrogens (tertiary/aromatic N) is 2. The number of nitrogens with one attached hydrogen (secondary N) is 1. The number of aromatic nitrogens is 2. The van der Waals surface area contributed by atoms with E-state index < -0.39 is 32.1 Å². The van der Waals surface area contributed by atoms with Crippen LogP contribution in [-0.2, 0) is 10.0 Å². The molecule has 1 aromatic heterocycles. The first-order chi connectivity index (χ1) is 19.3. The van der Waals surface area contributed by atoms with E-state index in [4.69, 9.17) is 10.5 Å². The highest BCUT2D eigenvalue weighted by atomic mass is 32.3. The van der Waals surface area contributed by atoms with E-state index in [9.17, 15) is 18.3 Å². The van der Waals surface area contributed by atoms with Gasteiger partial charge in [0.25, 0.3) is 10.0 Å². The molecule has 0 saturated heterocycles. The van der Waals surface area contributed by atoms with Gasteiger partial charge in [-0.15, -0.1) is 0 Å². The molecule has 0 bridgehead atoms. The van der Waals surface area contributed by atoms with Gasteiger partial charge in [-0.05, 0) is 84.5 Å². The summed E-state index contributed by atoms with van der Waals surface area (Å²) in [6.07, 6.45) is 6.11. The van der Waals surface area contributed by atoms with Crippen LogP contribution < -0.4 is 15.2 Å². The van der Waals surface area contributed by atoms with Crippen molar-refractivity contribution in [3.05, 3.63) is 95.1 Å². The Morgan fingerprint density at radius 1 is 0.927 bits per heavy atom. The summed E-state index contributed by atoms with van der Waals surface area (Å²) in [4.78, 5) is 21.3. The highest BCUT2D eigenvalue weighted by Crippen LogP contribution is 2.45. The van der Waals surface area contributed by atoms with Crippen LogP contribution in [0.2, 0.25) is 0 Å². The summed E-state index contributed by atoms with van der Waals surface area (Å²) in [7, 11) is -5.13. The molecule has 4 rings (SSSR count). The van der Waals surface area contributed by atoms with Crippen LogP contribution in [-0.4, -0.2) is 54.8 Å². The Labute approximate surface area is 242 Å². The Morgan fingerprint density at radius 2 is 1.56 bits per heavy atom. The van der Waals surface area contributed by atoms with Gasteiger partial charge in [0.1, 0.15) is 6.10 Å². The molecule has 1 heterocycles. The smallest absolute Gasteiger partial charge is 0.335 e. The zero-order valence-electron chi connectivity index (χ0n) is 23.6. The van der Waals surface area contributed by atoms with Crippen molar-refractivity contribution in [3.63, 3.8) is 0 Å². The fourth-order valence-corrected chi connectivity index (χ4v) is 6.28. The number of rotatable bonds is 10. The topological polar surface area (TPSA) is 144 Å². The highest BCUT2D eigenvalue weighted by molar-refractivity contribution is 8.32. The molecule has 1 unspecified atom stereocenters. The standard InChI is InChI=1S/C30H34N4O5S2/c1-19-8-6-9-20(2)28(19)25-17-27(39-26(18-31)21-12-14-23(15-13-21)40(3,4)5)33-30(32-25)34-41(37,38)24-11-7-10-22(16-24)29(35)36/h6-17,26H,18,31H2,1-5H3,(H,35,36)(H,32,33,34). The zero-order chi connectivity index (χ0) is 29.9. The lowest BCUT2D eigenvalue weighted by molar-refractivity contribution is 0.0696. The van der Waals surface area contributed by atoms with Gasteiger partial charge in [0.2, 0.25) is 11.8 Å². The van der Waals surface area contributed by atoms with Gasteiger partial charge in [-0.25, -0.2) is 32.9 Å². The third-order valence-electron chi connectivity index (χ3n) is 6.49. The van der Waals surface area contributed by atoms with E-state index in [0.717, 1.165) is 28.3 Å². The van der Waals surface area contributed by atoms with Gasteiger partial charge >= 0.3 is 5.97 Å². The molecule has 41 heavy (non-hydrogen) atoms. The Hall–Kier alpha value is -3.93. The lowest BCUT2D eigenvalue weighted by Gasteiger charge is -2.26. The molecular formula is C30H34N4O5S2. The number of aromatic carboxylic acids is 1. The molecule has 0 amide bonds. The van der Waals surface area contributed by atoms with Crippen LogP contribution in [0, 0.1) is 13.8 Å². The van der Waals surface area contributed by atoms with Gasteiger partial charge in [-0.2, -0.15) is 4.98 Å². The first-order valence-electron chi connectivity index (χ1n) is 12.8. The van der Waals surface area contributed by atoms with Crippen molar-refractivity contribution < 1.29 is 23.1 Å². The number of hydrogen-bond acceptors (Lipinski definition) is 7. The normalized spacial score (nSPS) is 12.9. The van der Waals surface area contributed by atoms with Gasteiger partial charge in [0.15, 0.2) is 0 Å².